The molecule has 2 aromatic carbocycles. The van der Waals surface area contributed by atoms with E-state index in [1.807, 2.05) is 52.9 Å². The molecule has 1 saturated heterocycles. The Hall–Kier alpha value is -3.68. The SMILES string of the molecule is COc1cccc(-c2nnc3c4ccccc4nc(N4CCN(C(=O)C5CCC5)[C@H](C)C4)n23)c1. The number of piperazine rings is 1. The maximum absolute atomic E-state index is 12.9. The van der Waals surface area contributed by atoms with Crippen LogP contribution < -0.4 is 9.64 Å². The van der Waals surface area contributed by atoms with Gasteiger partial charge in [-0.1, -0.05) is 30.7 Å². The number of anilines is 1. The van der Waals surface area contributed by atoms with E-state index in [9.17, 15) is 4.79 Å². The van der Waals surface area contributed by atoms with Gasteiger partial charge in [-0.2, -0.15) is 0 Å². The Morgan fingerprint density at radius 3 is 2.68 bits per heavy atom. The van der Waals surface area contributed by atoms with Crippen molar-refractivity contribution < 1.29 is 9.53 Å². The van der Waals surface area contributed by atoms with Crippen LogP contribution in [0, 0.1) is 5.92 Å². The van der Waals surface area contributed by atoms with Crippen LogP contribution in [0.5, 0.6) is 5.75 Å². The lowest BCUT2D eigenvalue weighted by Gasteiger charge is -2.43. The minimum atomic E-state index is 0.113. The number of methoxy groups -OCH3 is 1. The summed E-state index contributed by atoms with van der Waals surface area (Å²) in [5.74, 6) is 2.83. The van der Waals surface area contributed by atoms with Crippen LogP contribution in [0.4, 0.5) is 5.95 Å². The van der Waals surface area contributed by atoms with E-state index >= 15 is 0 Å². The fourth-order valence-electron chi connectivity index (χ4n) is 5.08. The van der Waals surface area contributed by atoms with Crippen molar-refractivity contribution in [3.8, 4) is 17.1 Å². The number of rotatable bonds is 4. The van der Waals surface area contributed by atoms with E-state index in [1.165, 1.54) is 6.42 Å². The summed E-state index contributed by atoms with van der Waals surface area (Å²) >= 11 is 0. The van der Waals surface area contributed by atoms with E-state index in [-0.39, 0.29) is 12.0 Å². The van der Waals surface area contributed by atoms with Gasteiger partial charge in [0.1, 0.15) is 5.75 Å². The molecule has 0 radical (unpaired) electrons. The number of nitrogens with zero attached hydrogens (tertiary/aromatic N) is 6. The Bertz CT molecular complexity index is 1380. The third-order valence-electron chi connectivity index (χ3n) is 7.20. The molecule has 0 spiro atoms. The molecule has 1 amide bonds. The average molecular weight is 457 g/mol. The first-order valence-corrected chi connectivity index (χ1v) is 12.0. The zero-order chi connectivity index (χ0) is 23.2. The molecule has 1 saturated carbocycles. The van der Waals surface area contributed by atoms with Crippen molar-refractivity contribution in [1.29, 1.82) is 0 Å². The maximum atomic E-state index is 12.9. The van der Waals surface area contributed by atoms with Crippen molar-refractivity contribution in [2.24, 2.45) is 5.92 Å². The summed E-state index contributed by atoms with van der Waals surface area (Å²) in [7, 11) is 1.66. The molecule has 2 aromatic heterocycles. The molecule has 1 aliphatic carbocycles. The van der Waals surface area contributed by atoms with Crippen LogP contribution in [0.15, 0.2) is 48.5 Å². The van der Waals surface area contributed by atoms with Gasteiger partial charge in [-0.15, -0.1) is 10.2 Å². The highest BCUT2D eigenvalue weighted by Gasteiger charge is 2.35. The van der Waals surface area contributed by atoms with Gasteiger partial charge in [-0.25, -0.2) is 9.38 Å². The lowest BCUT2D eigenvalue weighted by atomic mass is 9.84. The number of fused-ring (bicyclic) bond motifs is 3. The number of benzene rings is 2. The van der Waals surface area contributed by atoms with Gasteiger partial charge in [0, 0.05) is 42.5 Å². The molecular formula is C26H28N6O2. The first-order valence-electron chi connectivity index (χ1n) is 12.0. The minimum Gasteiger partial charge on any atom is -0.497 e. The van der Waals surface area contributed by atoms with Crippen molar-refractivity contribution in [1.82, 2.24) is 24.5 Å². The molecule has 6 rings (SSSR count). The summed E-state index contributed by atoms with van der Waals surface area (Å²) in [6.45, 7) is 4.27. The molecule has 0 bridgehead atoms. The quantitative estimate of drug-likeness (QED) is 0.465. The Kier molecular flexibility index (Phi) is 5.08. The smallest absolute Gasteiger partial charge is 0.226 e. The van der Waals surface area contributed by atoms with Crippen molar-refractivity contribution in [3.05, 3.63) is 48.5 Å². The predicted octanol–water partition coefficient (Wildman–Crippen LogP) is 3.79. The van der Waals surface area contributed by atoms with Gasteiger partial charge in [0.2, 0.25) is 11.9 Å². The van der Waals surface area contributed by atoms with E-state index in [0.29, 0.717) is 19.0 Å². The van der Waals surface area contributed by atoms with E-state index in [1.54, 1.807) is 7.11 Å². The molecule has 0 unspecified atom stereocenters. The second kappa shape index (κ2) is 8.27. The van der Waals surface area contributed by atoms with E-state index in [4.69, 9.17) is 9.72 Å². The van der Waals surface area contributed by atoms with Crippen LogP contribution in [0.25, 0.3) is 27.9 Å². The zero-order valence-electron chi connectivity index (χ0n) is 19.5. The molecule has 34 heavy (non-hydrogen) atoms. The van der Waals surface area contributed by atoms with Gasteiger partial charge >= 0.3 is 0 Å². The molecular weight excluding hydrogens is 428 g/mol. The first-order chi connectivity index (χ1) is 16.6. The lowest BCUT2D eigenvalue weighted by Crippen LogP contribution is -2.56. The summed E-state index contributed by atoms with van der Waals surface area (Å²) in [5.41, 5.74) is 2.58. The molecule has 3 heterocycles. The van der Waals surface area contributed by atoms with Crippen molar-refractivity contribution in [3.63, 3.8) is 0 Å². The van der Waals surface area contributed by atoms with Crippen LogP contribution in [0.2, 0.25) is 0 Å². The normalized spacial score (nSPS) is 18.9. The fourth-order valence-corrected chi connectivity index (χ4v) is 5.08. The highest BCUT2D eigenvalue weighted by Crippen LogP contribution is 2.32. The summed E-state index contributed by atoms with van der Waals surface area (Å²) in [5, 5.41) is 10.1. The number of para-hydroxylation sites is 1. The standard InChI is InChI=1S/C26H28N6O2/c1-17-16-30(13-14-31(17)25(33)18-7-5-8-18)26-27-22-12-4-3-11-21(22)24-29-28-23(32(24)26)19-9-6-10-20(15-19)34-2/h3-4,6,9-12,15,17-18H,5,7-8,13-14,16H2,1-2H3/t17-/m1/s1. The van der Waals surface area contributed by atoms with Gasteiger partial charge in [0.25, 0.3) is 0 Å². The number of hydrogen-bond donors (Lipinski definition) is 0. The van der Waals surface area contributed by atoms with Crippen molar-refractivity contribution >= 4 is 28.4 Å². The van der Waals surface area contributed by atoms with Gasteiger partial charge < -0.3 is 14.5 Å². The van der Waals surface area contributed by atoms with E-state index < -0.39 is 0 Å². The second-order valence-corrected chi connectivity index (χ2v) is 9.30. The molecule has 174 valence electrons. The van der Waals surface area contributed by atoms with Gasteiger partial charge in [-0.05, 0) is 44.0 Å². The molecule has 2 fully saturated rings. The Morgan fingerprint density at radius 2 is 1.91 bits per heavy atom. The summed E-state index contributed by atoms with van der Waals surface area (Å²) in [4.78, 5) is 22.3. The van der Waals surface area contributed by atoms with Gasteiger partial charge in [0.05, 0.1) is 12.6 Å². The first kappa shape index (κ1) is 20.9. The van der Waals surface area contributed by atoms with Crippen LogP contribution in [-0.4, -0.2) is 63.2 Å². The number of carbonyl (C=O) groups is 1. The van der Waals surface area contributed by atoms with Crippen LogP contribution in [-0.2, 0) is 4.79 Å². The number of aromatic nitrogens is 4. The third kappa shape index (κ3) is 3.36. The average Bonchev–Trinajstić information content (AvgIpc) is 3.28. The number of carbonyl (C=O) groups excluding carboxylic acids is 1. The third-order valence-corrected chi connectivity index (χ3v) is 7.20. The van der Waals surface area contributed by atoms with Crippen molar-refractivity contribution in [2.45, 2.75) is 32.2 Å². The molecule has 1 aliphatic heterocycles. The molecule has 8 nitrogen and oxygen atoms in total. The second-order valence-electron chi connectivity index (χ2n) is 9.30. The Labute approximate surface area is 198 Å². The zero-order valence-corrected chi connectivity index (χ0v) is 19.5. The minimum absolute atomic E-state index is 0.113. The lowest BCUT2D eigenvalue weighted by molar-refractivity contribution is -0.140. The number of amides is 1. The van der Waals surface area contributed by atoms with E-state index in [0.717, 1.165) is 59.0 Å². The van der Waals surface area contributed by atoms with Crippen LogP contribution in [0.3, 0.4) is 0 Å². The van der Waals surface area contributed by atoms with Gasteiger partial charge in [0.15, 0.2) is 11.5 Å². The monoisotopic (exact) mass is 456 g/mol. The molecule has 4 aromatic rings. The topological polar surface area (TPSA) is 75.9 Å². The highest BCUT2D eigenvalue weighted by atomic mass is 16.5. The summed E-state index contributed by atoms with van der Waals surface area (Å²) in [6.07, 6.45) is 3.23. The number of hydrogen-bond acceptors (Lipinski definition) is 6. The van der Waals surface area contributed by atoms with Crippen LogP contribution in [0.1, 0.15) is 26.2 Å². The largest absolute Gasteiger partial charge is 0.497 e. The molecule has 8 heteroatoms. The van der Waals surface area contributed by atoms with Crippen molar-refractivity contribution in [2.75, 3.05) is 31.6 Å². The molecule has 1 atom stereocenters. The predicted molar refractivity (Wildman–Crippen MR) is 131 cm³/mol. The van der Waals surface area contributed by atoms with Crippen LogP contribution >= 0.6 is 0 Å². The maximum Gasteiger partial charge on any atom is 0.226 e. The van der Waals surface area contributed by atoms with E-state index in [2.05, 4.69) is 26.9 Å². The summed E-state index contributed by atoms with van der Waals surface area (Å²) < 4.78 is 7.49. The Morgan fingerprint density at radius 1 is 1.06 bits per heavy atom. The van der Waals surface area contributed by atoms with Gasteiger partial charge in [-0.3, -0.25) is 4.79 Å². The molecule has 0 N–H and O–H groups in total. The highest BCUT2D eigenvalue weighted by molar-refractivity contribution is 5.93. The molecule has 2 aliphatic rings. The Balaban J connectivity index is 1.44. The number of ether oxygens (including phenoxy) is 1. The fraction of sp³-hybridized carbons (Fsp3) is 0.385. The summed E-state index contributed by atoms with van der Waals surface area (Å²) in [6, 6.07) is 16.0.